The summed E-state index contributed by atoms with van der Waals surface area (Å²) in [5.41, 5.74) is 0.972. The van der Waals surface area contributed by atoms with E-state index in [2.05, 4.69) is 0 Å². The molecule has 107 valence electrons. The Morgan fingerprint density at radius 3 is 2.57 bits per heavy atom. The molecule has 21 heavy (non-hydrogen) atoms. The number of fused-ring (bicyclic) bond motifs is 2. The highest BCUT2D eigenvalue weighted by molar-refractivity contribution is 5.51. The van der Waals surface area contributed by atoms with E-state index in [4.69, 9.17) is 18.9 Å². The molecule has 0 saturated heterocycles. The number of hydrogen-bond donors (Lipinski definition) is 0. The molecule has 0 bridgehead atoms. The van der Waals surface area contributed by atoms with Gasteiger partial charge in [0.05, 0.1) is 0 Å². The predicted molar refractivity (Wildman–Crippen MR) is 77.2 cm³/mol. The molecule has 4 nitrogen and oxygen atoms in total. The average Bonchev–Trinajstić information content (AvgIpc) is 2.55. The maximum atomic E-state index is 5.95. The van der Waals surface area contributed by atoms with Gasteiger partial charge >= 0.3 is 0 Å². The third-order valence-electron chi connectivity index (χ3n) is 3.49. The van der Waals surface area contributed by atoms with E-state index in [1.165, 1.54) is 0 Å². The van der Waals surface area contributed by atoms with Crippen molar-refractivity contribution in [3.63, 3.8) is 0 Å². The molecule has 0 aliphatic carbocycles. The molecule has 2 aliphatic heterocycles. The minimum atomic E-state index is -0.142. The molecule has 0 spiro atoms. The third kappa shape index (κ3) is 2.37. The normalized spacial score (nSPS) is 19.1. The largest absolute Gasteiger partial charge is 0.486 e. The Kier molecular flexibility index (Phi) is 3.07. The Morgan fingerprint density at radius 2 is 1.62 bits per heavy atom. The highest BCUT2D eigenvalue weighted by atomic mass is 16.6. The van der Waals surface area contributed by atoms with Crippen LogP contribution < -0.4 is 18.9 Å². The van der Waals surface area contributed by atoms with Gasteiger partial charge in [-0.25, -0.2) is 0 Å². The molecule has 0 fully saturated rings. The average molecular weight is 283 g/mol. The number of benzene rings is 2. The lowest BCUT2D eigenvalue weighted by atomic mass is 10.1. The van der Waals surface area contributed by atoms with E-state index < -0.39 is 0 Å². The summed E-state index contributed by atoms with van der Waals surface area (Å²) in [6.07, 6.45) is 1.88. The van der Waals surface area contributed by atoms with Crippen molar-refractivity contribution in [2.45, 2.75) is 6.10 Å². The standard InChI is InChI=1S/C17H15O4/c1-2-6-15-14(5-1)20-11-13(21-15)10-12-4-3-7-16-17(12)19-9-8-18-16/h1-7,10,13H,8-9,11H2. The molecule has 1 atom stereocenters. The van der Waals surface area contributed by atoms with Crippen LogP contribution in [0.5, 0.6) is 23.0 Å². The van der Waals surface area contributed by atoms with Crippen LogP contribution in [0.25, 0.3) is 0 Å². The number of hydrogen-bond acceptors (Lipinski definition) is 4. The van der Waals surface area contributed by atoms with Crippen LogP contribution in [0.15, 0.2) is 42.5 Å². The fraction of sp³-hybridized carbons (Fsp3) is 0.235. The van der Waals surface area contributed by atoms with E-state index in [-0.39, 0.29) is 6.10 Å². The molecular weight excluding hydrogens is 268 g/mol. The Morgan fingerprint density at radius 1 is 0.810 bits per heavy atom. The second-order valence-electron chi connectivity index (χ2n) is 4.95. The van der Waals surface area contributed by atoms with Gasteiger partial charge in [-0.3, -0.25) is 0 Å². The molecule has 2 heterocycles. The van der Waals surface area contributed by atoms with Gasteiger partial charge < -0.3 is 18.9 Å². The van der Waals surface area contributed by atoms with Crippen molar-refractivity contribution in [3.8, 4) is 23.0 Å². The van der Waals surface area contributed by atoms with Crippen LogP contribution in [0.1, 0.15) is 5.56 Å². The Labute approximate surface area is 123 Å². The molecule has 1 unspecified atom stereocenters. The summed E-state index contributed by atoms with van der Waals surface area (Å²) in [6, 6.07) is 13.6. The minimum absolute atomic E-state index is 0.142. The Balaban J connectivity index is 1.55. The van der Waals surface area contributed by atoms with Crippen molar-refractivity contribution in [2.75, 3.05) is 19.8 Å². The van der Waals surface area contributed by atoms with Crippen LogP contribution in [0.3, 0.4) is 0 Å². The lowest BCUT2D eigenvalue weighted by molar-refractivity contribution is 0.113. The summed E-state index contributed by atoms with van der Waals surface area (Å²) in [6.45, 7) is 1.65. The summed E-state index contributed by atoms with van der Waals surface area (Å²) >= 11 is 0. The summed E-state index contributed by atoms with van der Waals surface area (Å²) in [7, 11) is 0. The monoisotopic (exact) mass is 283 g/mol. The van der Waals surface area contributed by atoms with Gasteiger partial charge in [-0.1, -0.05) is 24.3 Å². The molecular formula is C17H15O4. The van der Waals surface area contributed by atoms with E-state index in [1.807, 2.05) is 48.9 Å². The van der Waals surface area contributed by atoms with Crippen molar-refractivity contribution < 1.29 is 18.9 Å². The molecule has 2 aromatic rings. The number of ether oxygens (including phenoxy) is 4. The maximum Gasteiger partial charge on any atom is 0.164 e. The topological polar surface area (TPSA) is 36.9 Å². The zero-order chi connectivity index (χ0) is 14.1. The Hall–Kier alpha value is -2.36. The molecule has 0 amide bonds. The predicted octanol–water partition coefficient (Wildman–Crippen LogP) is 2.85. The van der Waals surface area contributed by atoms with Crippen LogP contribution in [0.2, 0.25) is 0 Å². The highest BCUT2D eigenvalue weighted by Gasteiger charge is 2.24. The first-order chi connectivity index (χ1) is 10.4. The molecule has 2 aliphatic rings. The molecule has 0 N–H and O–H groups in total. The van der Waals surface area contributed by atoms with Crippen molar-refractivity contribution in [2.24, 2.45) is 0 Å². The number of para-hydroxylation sites is 3. The summed E-state index contributed by atoms with van der Waals surface area (Å²) < 4.78 is 23.0. The van der Waals surface area contributed by atoms with Crippen molar-refractivity contribution in [1.29, 1.82) is 0 Å². The zero-order valence-corrected chi connectivity index (χ0v) is 11.5. The van der Waals surface area contributed by atoms with Gasteiger partial charge in [-0.05, 0) is 18.2 Å². The van der Waals surface area contributed by atoms with Crippen LogP contribution in [-0.2, 0) is 0 Å². The lowest BCUT2D eigenvalue weighted by Gasteiger charge is -2.27. The highest BCUT2D eigenvalue weighted by Crippen LogP contribution is 2.37. The minimum Gasteiger partial charge on any atom is -0.486 e. The van der Waals surface area contributed by atoms with Gasteiger partial charge in [0.15, 0.2) is 23.0 Å². The van der Waals surface area contributed by atoms with Gasteiger partial charge in [0, 0.05) is 12.0 Å². The first-order valence-corrected chi connectivity index (χ1v) is 7.02. The smallest absolute Gasteiger partial charge is 0.164 e. The summed E-state index contributed by atoms with van der Waals surface area (Å²) in [4.78, 5) is 0. The van der Waals surface area contributed by atoms with E-state index in [0.717, 1.165) is 28.6 Å². The van der Waals surface area contributed by atoms with Crippen LogP contribution in [0, 0.1) is 6.42 Å². The van der Waals surface area contributed by atoms with E-state index in [1.54, 1.807) is 0 Å². The van der Waals surface area contributed by atoms with Crippen molar-refractivity contribution >= 4 is 0 Å². The SMILES string of the molecule is [CH](c1cccc2c1OCCO2)C1COc2ccccc2O1. The molecule has 1 radical (unpaired) electrons. The fourth-order valence-electron chi connectivity index (χ4n) is 2.55. The van der Waals surface area contributed by atoms with Gasteiger partial charge in [-0.2, -0.15) is 0 Å². The van der Waals surface area contributed by atoms with Gasteiger partial charge in [-0.15, -0.1) is 0 Å². The van der Waals surface area contributed by atoms with Gasteiger partial charge in [0.1, 0.15) is 25.9 Å². The van der Waals surface area contributed by atoms with Gasteiger partial charge in [0.2, 0.25) is 0 Å². The first-order valence-electron chi connectivity index (χ1n) is 7.02. The quantitative estimate of drug-likeness (QED) is 0.849. The first kappa shape index (κ1) is 12.4. The van der Waals surface area contributed by atoms with Crippen LogP contribution >= 0.6 is 0 Å². The van der Waals surface area contributed by atoms with Crippen LogP contribution in [-0.4, -0.2) is 25.9 Å². The van der Waals surface area contributed by atoms with Gasteiger partial charge in [0.25, 0.3) is 0 Å². The molecule has 0 aromatic heterocycles. The molecule has 2 aromatic carbocycles. The molecule has 4 rings (SSSR count). The summed E-state index contributed by atoms with van der Waals surface area (Å²) in [5.74, 6) is 3.13. The maximum absolute atomic E-state index is 5.95. The second-order valence-corrected chi connectivity index (χ2v) is 4.95. The third-order valence-corrected chi connectivity index (χ3v) is 3.49. The lowest BCUT2D eigenvalue weighted by Crippen LogP contribution is -2.30. The van der Waals surface area contributed by atoms with Crippen LogP contribution in [0.4, 0.5) is 0 Å². The zero-order valence-electron chi connectivity index (χ0n) is 11.5. The second kappa shape index (κ2) is 5.20. The van der Waals surface area contributed by atoms with Crippen molar-refractivity contribution in [1.82, 2.24) is 0 Å². The molecule has 0 saturated carbocycles. The number of rotatable bonds is 2. The fourth-order valence-corrected chi connectivity index (χ4v) is 2.55. The van der Waals surface area contributed by atoms with E-state index in [0.29, 0.717) is 19.8 Å². The molecule has 4 heteroatoms. The summed E-state index contributed by atoms with van der Waals surface area (Å²) in [5, 5.41) is 0. The van der Waals surface area contributed by atoms with Crippen molar-refractivity contribution in [3.05, 3.63) is 54.4 Å². The van der Waals surface area contributed by atoms with E-state index >= 15 is 0 Å². The van der Waals surface area contributed by atoms with E-state index in [9.17, 15) is 0 Å². The Bertz CT molecular complexity index is 653.